The van der Waals surface area contributed by atoms with Gasteiger partial charge in [0, 0.05) is 6.54 Å². The fourth-order valence-electron chi connectivity index (χ4n) is 2.86. The molecule has 2 aliphatic rings. The summed E-state index contributed by atoms with van der Waals surface area (Å²) in [4.78, 5) is 21.2. The molecule has 0 fully saturated rings. The van der Waals surface area contributed by atoms with Crippen LogP contribution in [0.1, 0.15) is 37.9 Å². The second-order valence-electron chi connectivity index (χ2n) is 7.73. The average molecular weight is 367 g/mol. The number of esters is 1. The first kappa shape index (κ1) is 18.9. The fraction of sp³-hybridized carbons (Fsp3) is 0.381. The number of hydrogen-bond acceptors (Lipinski definition) is 5. The number of aromatic hydroxyl groups is 1. The molecule has 0 unspecified atom stereocenters. The van der Waals surface area contributed by atoms with E-state index in [1.54, 1.807) is 32.3 Å². The Morgan fingerprint density at radius 1 is 1.15 bits per heavy atom. The second-order valence-corrected chi connectivity index (χ2v) is 7.73. The summed E-state index contributed by atoms with van der Waals surface area (Å²) in [5.74, 6) is 0.960. The number of rotatable bonds is 4. The van der Waals surface area contributed by atoms with Gasteiger partial charge in [-0.3, -0.25) is 9.36 Å². The summed E-state index contributed by atoms with van der Waals surface area (Å²) in [6.45, 7) is 9.48. The minimum atomic E-state index is -0.660. The number of ether oxygens (including phenoxy) is 1. The Labute approximate surface area is 159 Å². The second kappa shape index (κ2) is 7.02. The first-order chi connectivity index (χ1) is 12.7. The van der Waals surface area contributed by atoms with Crippen molar-refractivity contribution in [2.75, 3.05) is 0 Å². The minimum Gasteiger partial charge on any atom is -0.494 e. The van der Waals surface area contributed by atoms with Gasteiger partial charge in [-0.15, -0.1) is 0 Å². The molecule has 0 amide bonds. The van der Waals surface area contributed by atoms with Crippen LogP contribution in [-0.4, -0.2) is 25.6 Å². The van der Waals surface area contributed by atoms with Crippen molar-refractivity contribution in [3.63, 3.8) is 0 Å². The SMILES string of the molecule is Cc1nc2nc(C)n(CCc3ccccc3)c(O)c-2c1OC(=O)C(C)(C)C. The Morgan fingerprint density at radius 2 is 1.81 bits per heavy atom. The monoisotopic (exact) mass is 367 g/mol. The van der Waals surface area contributed by atoms with Crippen molar-refractivity contribution in [3.8, 4) is 23.0 Å². The van der Waals surface area contributed by atoms with Gasteiger partial charge in [-0.1, -0.05) is 30.3 Å². The van der Waals surface area contributed by atoms with E-state index < -0.39 is 5.41 Å². The molecule has 0 saturated heterocycles. The molecule has 0 aliphatic carbocycles. The van der Waals surface area contributed by atoms with Crippen LogP contribution >= 0.6 is 0 Å². The highest BCUT2D eigenvalue weighted by molar-refractivity contribution is 5.83. The van der Waals surface area contributed by atoms with Crippen molar-refractivity contribution >= 4 is 5.97 Å². The highest BCUT2D eigenvalue weighted by Gasteiger charge is 2.31. The lowest BCUT2D eigenvalue weighted by Crippen LogP contribution is -2.25. The molecule has 1 N–H and O–H groups in total. The molecule has 0 spiro atoms. The molecule has 6 nitrogen and oxygen atoms in total. The smallest absolute Gasteiger partial charge is 0.316 e. The van der Waals surface area contributed by atoms with E-state index in [0.717, 1.165) is 6.42 Å². The van der Waals surface area contributed by atoms with Gasteiger partial charge in [-0.25, -0.2) is 9.97 Å². The molecule has 2 heterocycles. The van der Waals surface area contributed by atoms with E-state index in [9.17, 15) is 9.90 Å². The van der Waals surface area contributed by atoms with Crippen molar-refractivity contribution in [1.82, 2.24) is 14.5 Å². The summed E-state index contributed by atoms with van der Waals surface area (Å²) >= 11 is 0. The molecule has 3 rings (SSSR count). The quantitative estimate of drug-likeness (QED) is 0.708. The summed E-state index contributed by atoms with van der Waals surface area (Å²) in [7, 11) is 0. The van der Waals surface area contributed by atoms with Crippen LogP contribution in [0.15, 0.2) is 30.3 Å². The predicted molar refractivity (Wildman–Crippen MR) is 103 cm³/mol. The molecule has 1 aromatic rings. The molecule has 0 atom stereocenters. The third kappa shape index (κ3) is 3.79. The van der Waals surface area contributed by atoms with Gasteiger partial charge >= 0.3 is 5.97 Å². The molecule has 0 saturated carbocycles. The van der Waals surface area contributed by atoms with Crippen LogP contribution in [-0.2, 0) is 17.8 Å². The van der Waals surface area contributed by atoms with E-state index in [-0.39, 0.29) is 17.6 Å². The molecular formula is C21H25N3O3. The Balaban J connectivity index is 1.99. The third-order valence-corrected chi connectivity index (χ3v) is 4.46. The lowest BCUT2D eigenvalue weighted by atomic mass is 9.97. The van der Waals surface area contributed by atoms with Crippen LogP contribution in [0.4, 0.5) is 0 Å². The van der Waals surface area contributed by atoms with Crippen LogP contribution in [0.5, 0.6) is 11.6 Å². The number of benzene rings is 1. The van der Waals surface area contributed by atoms with Gasteiger partial charge in [0.15, 0.2) is 11.6 Å². The van der Waals surface area contributed by atoms with Crippen LogP contribution < -0.4 is 4.74 Å². The Hall–Kier alpha value is -2.89. The highest BCUT2D eigenvalue weighted by Crippen LogP contribution is 2.41. The minimum absolute atomic E-state index is 0.0192. The normalized spacial score (nSPS) is 11.7. The Bertz CT molecular complexity index is 940. The van der Waals surface area contributed by atoms with Crippen molar-refractivity contribution in [2.45, 2.75) is 47.6 Å². The van der Waals surface area contributed by atoms with E-state index in [1.165, 1.54) is 5.56 Å². The van der Waals surface area contributed by atoms with Crippen molar-refractivity contribution in [3.05, 3.63) is 47.4 Å². The topological polar surface area (TPSA) is 77.2 Å². The van der Waals surface area contributed by atoms with Gasteiger partial charge in [0.2, 0.25) is 5.88 Å². The van der Waals surface area contributed by atoms with Gasteiger partial charge in [0.25, 0.3) is 0 Å². The van der Waals surface area contributed by atoms with E-state index in [0.29, 0.717) is 29.5 Å². The number of hydrogen-bond donors (Lipinski definition) is 1. The maximum atomic E-state index is 12.3. The zero-order chi connectivity index (χ0) is 19.8. The lowest BCUT2D eigenvalue weighted by molar-refractivity contribution is -0.143. The van der Waals surface area contributed by atoms with Crippen molar-refractivity contribution in [1.29, 1.82) is 0 Å². The van der Waals surface area contributed by atoms with Gasteiger partial charge in [-0.05, 0) is 46.6 Å². The average Bonchev–Trinajstić information content (AvgIpc) is 2.90. The molecule has 0 radical (unpaired) electrons. The standard InChI is InChI=1S/C21H25N3O3/c1-13-17(27-20(26)21(3,4)5)16-18(22-13)23-14(2)24(19(16)25)12-11-15-9-7-6-8-10-15/h6-10,25H,11-12H2,1-5H3. The zero-order valence-electron chi connectivity index (χ0n) is 16.4. The molecule has 2 aliphatic heterocycles. The molecule has 0 bridgehead atoms. The molecule has 6 heteroatoms. The zero-order valence-corrected chi connectivity index (χ0v) is 16.4. The molecular weight excluding hydrogens is 342 g/mol. The van der Waals surface area contributed by atoms with Crippen LogP contribution in [0.3, 0.4) is 0 Å². The fourth-order valence-corrected chi connectivity index (χ4v) is 2.86. The number of carbonyl (C=O) groups excluding carboxylic acids is 1. The first-order valence-corrected chi connectivity index (χ1v) is 9.01. The van der Waals surface area contributed by atoms with Crippen LogP contribution in [0.25, 0.3) is 11.4 Å². The maximum absolute atomic E-state index is 12.3. The number of aromatic nitrogens is 3. The summed E-state index contributed by atoms with van der Waals surface area (Å²) in [5, 5.41) is 10.9. The maximum Gasteiger partial charge on any atom is 0.316 e. The van der Waals surface area contributed by atoms with Crippen molar-refractivity contribution in [2.24, 2.45) is 5.41 Å². The van der Waals surface area contributed by atoms with Gasteiger partial charge in [0.05, 0.1) is 11.1 Å². The third-order valence-electron chi connectivity index (χ3n) is 4.46. The highest BCUT2D eigenvalue weighted by atomic mass is 16.5. The first-order valence-electron chi connectivity index (χ1n) is 9.01. The van der Waals surface area contributed by atoms with Gasteiger partial charge < -0.3 is 9.84 Å². The predicted octanol–water partition coefficient (Wildman–Crippen LogP) is 3.90. The van der Waals surface area contributed by atoms with E-state index in [4.69, 9.17) is 4.74 Å². The van der Waals surface area contributed by atoms with Crippen LogP contribution in [0.2, 0.25) is 0 Å². The van der Waals surface area contributed by atoms with Gasteiger partial charge in [0.1, 0.15) is 11.4 Å². The summed E-state index contributed by atoms with van der Waals surface area (Å²) in [5.41, 5.74) is 1.42. The van der Waals surface area contributed by atoms with E-state index in [1.807, 2.05) is 37.3 Å². The lowest BCUT2D eigenvalue weighted by Gasteiger charge is -2.19. The summed E-state index contributed by atoms with van der Waals surface area (Å²) in [6.07, 6.45) is 0.747. The van der Waals surface area contributed by atoms with Crippen molar-refractivity contribution < 1.29 is 14.6 Å². The number of aryl methyl sites for hydroxylation is 3. The number of fused-ring (bicyclic) bond motifs is 1. The molecule has 0 aromatic heterocycles. The summed E-state index contributed by atoms with van der Waals surface area (Å²) in [6, 6.07) is 10.0. The van der Waals surface area contributed by atoms with E-state index in [2.05, 4.69) is 9.97 Å². The Kier molecular flexibility index (Phi) is 4.91. The number of nitrogens with zero attached hydrogens (tertiary/aromatic N) is 3. The largest absolute Gasteiger partial charge is 0.494 e. The molecule has 27 heavy (non-hydrogen) atoms. The van der Waals surface area contributed by atoms with E-state index >= 15 is 0 Å². The Morgan fingerprint density at radius 3 is 2.44 bits per heavy atom. The van der Waals surface area contributed by atoms with Crippen LogP contribution in [0, 0.1) is 19.3 Å². The van der Waals surface area contributed by atoms with Gasteiger partial charge in [-0.2, -0.15) is 0 Å². The number of carbonyl (C=O) groups is 1. The molecule has 1 aromatic carbocycles. The molecule has 142 valence electrons. The summed E-state index contributed by atoms with van der Waals surface area (Å²) < 4.78 is 7.31.